The minimum Gasteiger partial charge on any atom is -0.478 e. The zero-order valence-electron chi connectivity index (χ0n) is 21.7. The number of nitrogens with one attached hydrogen (secondary N) is 2. The number of nitrogens with zero attached hydrogens (tertiary/aromatic N) is 5. The molecule has 1 fully saturated rings. The largest absolute Gasteiger partial charge is 0.478 e. The third-order valence-corrected chi connectivity index (χ3v) is 6.78. The predicted molar refractivity (Wildman–Crippen MR) is 147 cm³/mol. The number of rotatable bonds is 9. The number of aromatic nitrogens is 4. The summed E-state index contributed by atoms with van der Waals surface area (Å²) in [5, 5.41) is 25.9. The van der Waals surface area contributed by atoms with Gasteiger partial charge in [-0.05, 0) is 77.7 Å². The molecule has 3 amide bonds. The van der Waals surface area contributed by atoms with Gasteiger partial charge in [-0.2, -0.15) is 4.68 Å². The molecule has 40 heavy (non-hydrogen) atoms. The van der Waals surface area contributed by atoms with Crippen molar-refractivity contribution in [2.75, 3.05) is 18.4 Å². The summed E-state index contributed by atoms with van der Waals surface area (Å²) in [6.07, 6.45) is 5.64. The number of aromatic carboxylic acids is 1. The predicted octanol–water partition coefficient (Wildman–Crippen LogP) is 2.80. The van der Waals surface area contributed by atoms with Crippen LogP contribution in [-0.2, 0) is 14.4 Å². The summed E-state index contributed by atoms with van der Waals surface area (Å²) in [4.78, 5) is 52.0. The van der Waals surface area contributed by atoms with E-state index < -0.39 is 23.8 Å². The van der Waals surface area contributed by atoms with E-state index in [1.165, 1.54) is 47.4 Å². The molecule has 0 radical (unpaired) electrons. The van der Waals surface area contributed by atoms with E-state index >= 15 is 0 Å². The van der Waals surface area contributed by atoms with Gasteiger partial charge in [-0.1, -0.05) is 18.5 Å². The van der Waals surface area contributed by atoms with E-state index in [0.717, 1.165) is 12.8 Å². The lowest BCUT2D eigenvalue weighted by Gasteiger charge is -2.31. The van der Waals surface area contributed by atoms with Crippen molar-refractivity contribution in [1.29, 1.82) is 0 Å². The SMILES string of the molecule is CC1CCN(C(=O)C[C@H](NC(=O)/C=C/c2cc(Cl)ccc2-n2cnnn2)C(=O)Nc2ccc(C(=O)O)cc2)CC1. The fourth-order valence-electron chi connectivity index (χ4n) is 4.22. The van der Waals surface area contributed by atoms with Crippen LogP contribution in [0.1, 0.15) is 42.1 Å². The summed E-state index contributed by atoms with van der Waals surface area (Å²) in [5.74, 6) is -2.04. The molecule has 12 nitrogen and oxygen atoms in total. The molecule has 1 aliphatic heterocycles. The molecule has 1 aromatic heterocycles. The average molecular weight is 566 g/mol. The van der Waals surface area contributed by atoms with Crippen LogP contribution in [-0.4, -0.2) is 73.0 Å². The van der Waals surface area contributed by atoms with Gasteiger partial charge in [0.15, 0.2) is 0 Å². The number of carboxylic acids is 1. The van der Waals surface area contributed by atoms with Crippen LogP contribution >= 0.6 is 11.6 Å². The molecule has 0 saturated carbocycles. The summed E-state index contributed by atoms with van der Waals surface area (Å²) in [5.41, 5.74) is 1.51. The Morgan fingerprint density at radius 3 is 2.50 bits per heavy atom. The summed E-state index contributed by atoms with van der Waals surface area (Å²) in [6.45, 7) is 3.31. The lowest BCUT2D eigenvalue weighted by molar-refractivity contribution is -0.135. The van der Waals surface area contributed by atoms with E-state index in [4.69, 9.17) is 16.7 Å². The summed E-state index contributed by atoms with van der Waals surface area (Å²) >= 11 is 6.14. The van der Waals surface area contributed by atoms with Gasteiger partial charge in [0.1, 0.15) is 12.4 Å². The Labute approximate surface area is 235 Å². The molecule has 3 N–H and O–H groups in total. The molecule has 1 aliphatic rings. The van der Waals surface area contributed by atoms with Crippen molar-refractivity contribution in [2.45, 2.75) is 32.2 Å². The molecule has 1 atom stereocenters. The molecule has 2 heterocycles. The number of benzene rings is 2. The second kappa shape index (κ2) is 13.0. The Morgan fingerprint density at radius 2 is 1.85 bits per heavy atom. The van der Waals surface area contributed by atoms with Crippen molar-refractivity contribution in [2.24, 2.45) is 5.92 Å². The molecule has 208 valence electrons. The molecule has 0 spiro atoms. The van der Waals surface area contributed by atoms with E-state index in [-0.39, 0.29) is 17.9 Å². The smallest absolute Gasteiger partial charge is 0.335 e. The lowest BCUT2D eigenvalue weighted by Crippen LogP contribution is -2.48. The van der Waals surface area contributed by atoms with Crippen LogP contribution in [0.25, 0.3) is 11.8 Å². The molecule has 0 unspecified atom stereocenters. The molecule has 3 aromatic rings. The van der Waals surface area contributed by atoms with Gasteiger partial charge in [0.25, 0.3) is 0 Å². The summed E-state index contributed by atoms with van der Waals surface area (Å²) < 4.78 is 1.41. The third-order valence-electron chi connectivity index (χ3n) is 6.55. The molecular formula is C27H28ClN7O5. The number of amides is 3. The van der Waals surface area contributed by atoms with Gasteiger partial charge in [0.2, 0.25) is 17.7 Å². The van der Waals surface area contributed by atoms with Gasteiger partial charge >= 0.3 is 5.97 Å². The first-order valence-corrected chi connectivity index (χ1v) is 13.0. The Morgan fingerprint density at radius 1 is 1.12 bits per heavy atom. The van der Waals surface area contributed by atoms with Crippen LogP contribution in [0.2, 0.25) is 5.02 Å². The van der Waals surface area contributed by atoms with E-state index in [1.807, 2.05) is 0 Å². The van der Waals surface area contributed by atoms with E-state index in [0.29, 0.717) is 41.0 Å². The number of carbonyl (C=O) groups is 4. The average Bonchev–Trinajstić information content (AvgIpc) is 3.47. The first-order chi connectivity index (χ1) is 19.2. The first-order valence-electron chi connectivity index (χ1n) is 12.6. The standard InChI is InChI=1S/C27H28ClN7O5/c1-17-10-12-34(13-11-17)25(37)15-22(26(38)30-21-6-2-18(3-7-21)27(39)40)31-24(36)9-4-19-14-20(28)5-8-23(19)35-16-29-32-33-35/h2-9,14,16-17,22H,10-13,15H2,1H3,(H,30,38)(H,31,36)(H,39,40)/b9-4+/t22-/m0/s1. The zero-order valence-corrected chi connectivity index (χ0v) is 22.4. The second-order valence-corrected chi connectivity index (χ2v) is 9.93. The van der Waals surface area contributed by atoms with Crippen LogP contribution in [0.5, 0.6) is 0 Å². The highest BCUT2D eigenvalue weighted by Crippen LogP contribution is 2.21. The molecule has 1 saturated heterocycles. The van der Waals surface area contributed by atoms with Crippen LogP contribution in [0, 0.1) is 5.92 Å². The Bertz CT molecular complexity index is 1400. The van der Waals surface area contributed by atoms with Gasteiger partial charge in [-0.3, -0.25) is 14.4 Å². The topological polar surface area (TPSA) is 159 Å². The minimum absolute atomic E-state index is 0.0598. The van der Waals surface area contributed by atoms with E-state index in [9.17, 15) is 19.2 Å². The molecule has 0 bridgehead atoms. The number of tetrazole rings is 1. The van der Waals surface area contributed by atoms with Gasteiger partial charge < -0.3 is 20.6 Å². The fraction of sp³-hybridized carbons (Fsp3) is 0.296. The van der Waals surface area contributed by atoms with Gasteiger partial charge in [-0.25, -0.2) is 4.79 Å². The van der Waals surface area contributed by atoms with Crippen molar-refractivity contribution >= 4 is 47.1 Å². The van der Waals surface area contributed by atoms with Gasteiger partial charge in [0, 0.05) is 35.4 Å². The van der Waals surface area contributed by atoms with Crippen LogP contribution in [0.3, 0.4) is 0 Å². The third kappa shape index (κ3) is 7.50. The van der Waals surface area contributed by atoms with Crippen LogP contribution in [0.15, 0.2) is 54.9 Å². The number of carbonyl (C=O) groups excluding carboxylic acids is 3. The summed E-state index contributed by atoms with van der Waals surface area (Å²) in [7, 11) is 0. The molecule has 2 aromatic carbocycles. The highest BCUT2D eigenvalue weighted by Gasteiger charge is 2.28. The van der Waals surface area contributed by atoms with Gasteiger partial charge in [0.05, 0.1) is 17.7 Å². The highest BCUT2D eigenvalue weighted by atomic mass is 35.5. The minimum atomic E-state index is -1.18. The second-order valence-electron chi connectivity index (χ2n) is 9.49. The maximum atomic E-state index is 13.2. The monoisotopic (exact) mass is 565 g/mol. The van der Waals surface area contributed by atoms with Crippen molar-refractivity contribution < 1.29 is 24.3 Å². The molecular weight excluding hydrogens is 538 g/mol. The van der Waals surface area contributed by atoms with E-state index in [2.05, 4.69) is 33.1 Å². The molecule has 0 aliphatic carbocycles. The van der Waals surface area contributed by atoms with Crippen LogP contribution < -0.4 is 10.6 Å². The summed E-state index contributed by atoms with van der Waals surface area (Å²) in [6, 6.07) is 9.38. The first kappa shape index (κ1) is 28.4. The Kier molecular flexibility index (Phi) is 9.23. The Balaban J connectivity index is 1.50. The molecule has 13 heteroatoms. The fourth-order valence-corrected chi connectivity index (χ4v) is 4.40. The maximum Gasteiger partial charge on any atom is 0.335 e. The quantitative estimate of drug-likeness (QED) is 0.334. The zero-order chi connectivity index (χ0) is 28.6. The number of anilines is 1. The molecule has 4 rings (SSSR count). The van der Waals surface area contributed by atoms with Crippen molar-refractivity contribution in [3.8, 4) is 5.69 Å². The highest BCUT2D eigenvalue weighted by molar-refractivity contribution is 6.30. The van der Waals surface area contributed by atoms with Crippen LogP contribution in [0.4, 0.5) is 5.69 Å². The lowest BCUT2D eigenvalue weighted by atomic mass is 9.98. The Hall–Kier alpha value is -4.58. The number of hydrogen-bond acceptors (Lipinski definition) is 7. The normalized spacial score (nSPS) is 14.6. The number of likely N-dealkylation sites (tertiary alicyclic amines) is 1. The van der Waals surface area contributed by atoms with Crippen molar-refractivity contribution in [3.05, 3.63) is 71.0 Å². The number of halogens is 1. The van der Waals surface area contributed by atoms with Crippen molar-refractivity contribution in [3.63, 3.8) is 0 Å². The van der Waals surface area contributed by atoms with E-state index in [1.54, 1.807) is 23.1 Å². The van der Waals surface area contributed by atoms with Crippen molar-refractivity contribution in [1.82, 2.24) is 30.4 Å². The number of piperidine rings is 1. The maximum absolute atomic E-state index is 13.2. The number of carboxylic acid groups (broad SMARTS) is 1. The van der Waals surface area contributed by atoms with Gasteiger partial charge in [-0.15, -0.1) is 5.10 Å². The number of hydrogen-bond donors (Lipinski definition) is 3.